The van der Waals surface area contributed by atoms with Crippen LogP contribution in [0.3, 0.4) is 0 Å². The molecule has 2 rings (SSSR count). The average molecular weight is 332 g/mol. The fourth-order valence-corrected chi connectivity index (χ4v) is 3.80. The molecule has 0 aliphatic carbocycles. The van der Waals surface area contributed by atoms with Crippen LogP contribution in [0.25, 0.3) is 0 Å². The molecule has 1 fully saturated rings. The maximum absolute atomic E-state index is 11.6. The first-order chi connectivity index (χ1) is 9.77. The van der Waals surface area contributed by atoms with Crippen molar-refractivity contribution >= 4 is 27.5 Å². The van der Waals surface area contributed by atoms with Crippen molar-refractivity contribution in [1.82, 2.24) is 4.90 Å². The van der Waals surface area contributed by atoms with Gasteiger partial charge in [0.25, 0.3) is 0 Å². The Bertz CT molecular complexity index is 614. The van der Waals surface area contributed by atoms with Gasteiger partial charge in [0.05, 0.1) is 5.25 Å². The summed E-state index contributed by atoms with van der Waals surface area (Å²) in [6.07, 6.45) is 1.72. The van der Waals surface area contributed by atoms with Gasteiger partial charge in [0, 0.05) is 23.9 Å². The van der Waals surface area contributed by atoms with Crippen molar-refractivity contribution in [2.24, 2.45) is 0 Å². The molecule has 0 saturated carbocycles. The number of carboxylic acid groups (broad SMARTS) is 1. The van der Waals surface area contributed by atoms with Crippen molar-refractivity contribution in [2.45, 2.75) is 30.6 Å². The Morgan fingerprint density at radius 2 is 1.95 bits per heavy atom. The zero-order valence-corrected chi connectivity index (χ0v) is 13.3. The first-order valence-corrected chi connectivity index (χ1v) is 9.03. The summed E-state index contributed by atoms with van der Waals surface area (Å²) >= 11 is 5.83. The Morgan fingerprint density at radius 3 is 2.48 bits per heavy atom. The van der Waals surface area contributed by atoms with E-state index < -0.39 is 21.2 Å². The smallest absolute Gasteiger partial charge is 0.407 e. The molecule has 1 aliphatic rings. The number of sulfone groups is 1. The molecule has 5 nitrogen and oxygen atoms in total. The van der Waals surface area contributed by atoms with Gasteiger partial charge in [-0.2, -0.15) is 0 Å². The van der Waals surface area contributed by atoms with Crippen LogP contribution in [-0.2, 0) is 16.3 Å². The number of hydrogen-bond acceptors (Lipinski definition) is 3. The Labute approximate surface area is 129 Å². The summed E-state index contributed by atoms with van der Waals surface area (Å²) in [6, 6.07) is 7.08. The highest BCUT2D eigenvalue weighted by Crippen LogP contribution is 2.25. The minimum Gasteiger partial charge on any atom is -0.465 e. The molecule has 0 spiro atoms. The van der Waals surface area contributed by atoms with Crippen molar-refractivity contribution in [1.29, 1.82) is 0 Å². The second-order valence-corrected chi connectivity index (χ2v) is 8.21. The van der Waals surface area contributed by atoms with Gasteiger partial charge in [-0.25, -0.2) is 13.2 Å². The molecule has 1 N–H and O–H groups in total. The highest BCUT2D eigenvalue weighted by atomic mass is 35.5. The van der Waals surface area contributed by atoms with Crippen LogP contribution in [0.5, 0.6) is 0 Å². The Hall–Kier alpha value is -1.27. The maximum Gasteiger partial charge on any atom is 0.407 e. The monoisotopic (exact) mass is 331 g/mol. The number of carbonyl (C=O) groups is 1. The van der Waals surface area contributed by atoms with Crippen LogP contribution in [0.15, 0.2) is 24.3 Å². The highest BCUT2D eigenvalue weighted by molar-refractivity contribution is 7.91. The average Bonchev–Trinajstić information content (AvgIpc) is 2.40. The quantitative estimate of drug-likeness (QED) is 0.923. The first-order valence-electron chi connectivity index (χ1n) is 6.70. The third kappa shape index (κ3) is 4.11. The number of rotatable bonds is 3. The van der Waals surface area contributed by atoms with Gasteiger partial charge in [0.15, 0.2) is 9.84 Å². The van der Waals surface area contributed by atoms with Crippen LogP contribution >= 0.6 is 11.6 Å². The van der Waals surface area contributed by atoms with E-state index in [0.29, 0.717) is 24.3 Å². The van der Waals surface area contributed by atoms with E-state index in [9.17, 15) is 18.3 Å². The molecule has 0 unspecified atom stereocenters. The third-order valence-electron chi connectivity index (χ3n) is 3.90. The minimum absolute atomic E-state index is 0.0480. The lowest BCUT2D eigenvalue weighted by Gasteiger charge is -2.37. The van der Waals surface area contributed by atoms with Gasteiger partial charge in [0.2, 0.25) is 0 Å². The predicted molar refractivity (Wildman–Crippen MR) is 81.5 cm³/mol. The lowest BCUT2D eigenvalue weighted by atomic mass is 9.96. The van der Waals surface area contributed by atoms with E-state index in [1.165, 1.54) is 4.90 Å². The third-order valence-corrected chi connectivity index (χ3v) is 5.75. The van der Waals surface area contributed by atoms with Crippen LogP contribution in [0.2, 0.25) is 5.02 Å². The van der Waals surface area contributed by atoms with Gasteiger partial charge in [-0.05, 0) is 37.0 Å². The Morgan fingerprint density at radius 1 is 1.33 bits per heavy atom. The molecular weight excluding hydrogens is 314 g/mol. The van der Waals surface area contributed by atoms with E-state index in [1.807, 2.05) is 12.1 Å². The molecule has 21 heavy (non-hydrogen) atoms. The second kappa shape index (κ2) is 6.23. The van der Waals surface area contributed by atoms with E-state index in [4.69, 9.17) is 11.6 Å². The van der Waals surface area contributed by atoms with E-state index >= 15 is 0 Å². The summed E-state index contributed by atoms with van der Waals surface area (Å²) in [5.74, 6) is 0. The lowest BCUT2D eigenvalue weighted by Crippen LogP contribution is -2.51. The largest absolute Gasteiger partial charge is 0.465 e. The van der Waals surface area contributed by atoms with Crippen molar-refractivity contribution in [3.8, 4) is 0 Å². The Balaban J connectivity index is 2.12. The summed E-state index contributed by atoms with van der Waals surface area (Å²) in [5, 5.41) is 9.36. The molecular formula is C14H18ClNO4S. The molecule has 7 heteroatoms. The van der Waals surface area contributed by atoms with Crippen LogP contribution in [0, 0.1) is 0 Å². The fourth-order valence-electron chi connectivity index (χ4n) is 2.68. The normalized spacial score (nSPS) is 23.0. The standard InChI is InChI=1S/C14H18ClNO4S/c1-21(19,20)13-7-6-12(16(9-13)14(17)18)8-10-2-4-11(15)5-3-10/h2-5,12-13H,6-9H2,1H3,(H,17,18)/t12-,13-/m1/s1. The molecule has 1 amide bonds. The van der Waals surface area contributed by atoms with Gasteiger partial charge in [-0.3, -0.25) is 0 Å². The second-order valence-electron chi connectivity index (χ2n) is 5.45. The van der Waals surface area contributed by atoms with E-state index in [2.05, 4.69) is 0 Å². The first kappa shape index (κ1) is 16.1. The SMILES string of the molecule is CS(=O)(=O)[C@@H]1CC[C@H](Cc2ccc(Cl)cc2)N(C(=O)O)C1. The number of halogens is 1. The van der Waals surface area contributed by atoms with Crippen molar-refractivity contribution in [2.75, 3.05) is 12.8 Å². The molecule has 116 valence electrons. The zero-order chi connectivity index (χ0) is 15.6. The van der Waals surface area contributed by atoms with Gasteiger partial charge >= 0.3 is 6.09 Å². The molecule has 0 radical (unpaired) electrons. The van der Waals surface area contributed by atoms with Crippen LogP contribution in [0.1, 0.15) is 18.4 Å². The molecule has 2 atom stereocenters. The topological polar surface area (TPSA) is 74.7 Å². The molecule has 1 heterocycles. The van der Waals surface area contributed by atoms with Gasteiger partial charge < -0.3 is 10.0 Å². The summed E-state index contributed by atoms with van der Waals surface area (Å²) in [7, 11) is -3.22. The minimum atomic E-state index is -3.22. The Kier molecular flexibility index (Phi) is 4.78. The van der Waals surface area contributed by atoms with E-state index in [1.54, 1.807) is 12.1 Å². The molecule has 0 bridgehead atoms. The zero-order valence-electron chi connectivity index (χ0n) is 11.7. The number of likely N-dealkylation sites (tertiary alicyclic amines) is 1. The van der Waals surface area contributed by atoms with Gasteiger partial charge in [0.1, 0.15) is 0 Å². The summed E-state index contributed by atoms with van der Waals surface area (Å²) in [6.45, 7) is 0.0480. The summed E-state index contributed by atoms with van der Waals surface area (Å²) in [4.78, 5) is 12.6. The molecule has 1 aromatic rings. The van der Waals surface area contributed by atoms with Crippen LogP contribution in [0.4, 0.5) is 4.79 Å². The number of benzene rings is 1. The summed E-state index contributed by atoms with van der Waals surface area (Å²) in [5.41, 5.74) is 0.994. The highest BCUT2D eigenvalue weighted by Gasteiger charge is 2.35. The van der Waals surface area contributed by atoms with Crippen molar-refractivity contribution in [3.05, 3.63) is 34.9 Å². The number of piperidine rings is 1. The number of hydrogen-bond donors (Lipinski definition) is 1. The van der Waals surface area contributed by atoms with Gasteiger partial charge in [-0.1, -0.05) is 23.7 Å². The lowest BCUT2D eigenvalue weighted by molar-refractivity contribution is 0.107. The molecule has 1 aromatic carbocycles. The van der Waals surface area contributed by atoms with Crippen molar-refractivity contribution in [3.63, 3.8) is 0 Å². The number of nitrogens with zero attached hydrogens (tertiary/aromatic N) is 1. The number of amides is 1. The van der Waals surface area contributed by atoms with E-state index in [-0.39, 0.29) is 12.6 Å². The van der Waals surface area contributed by atoms with Crippen LogP contribution in [-0.4, -0.2) is 48.6 Å². The molecule has 1 saturated heterocycles. The van der Waals surface area contributed by atoms with E-state index in [0.717, 1.165) is 11.8 Å². The summed E-state index contributed by atoms with van der Waals surface area (Å²) < 4.78 is 23.2. The van der Waals surface area contributed by atoms with Crippen LogP contribution < -0.4 is 0 Å². The predicted octanol–water partition coefficient (Wildman–Crippen LogP) is 2.44. The maximum atomic E-state index is 11.6. The van der Waals surface area contributed by atoms with Crippen molar-refractivity contribution < 1.29 is 18.3 Å². The molecule has 1 aliphatic heterocycles. The molecule has 0 aromatic heterocycles. The van der Waals surface area contributed by atoms with Gasteiger partial charge in [-0.15, -0.1) is 0 Å². The fraction of sp³-hybridized carbons (Fsp3) is 0.500.